The van der Waals surface area contributed by atoms with E-state index in [1.54, 1.807) is 6.20 Å². The Morgan fingerprint density at radius 1 is 1.40 bits per heavy atom. The van der Waals surface area contributed by atoms with E-state index in [1.807, 2.05) is 19.1 Å². The summed E-state index contributed by atoms with van der Waals surface area (Å²) in [5.41, 5.74) is 1.47. The number of pyridine rings is 1. The average Bonchev–Trinajstić information content (AvgIpc) is 2.43. The second kappa shape index (κ2) is 6.73. The Hall–Kier alpha value is -1.58. The van der Waals surface area contributed by atoms with Crippen molar-refractivity contribution in [2.75, 3.05) is 11.9 Å². The van der Waals surface area contributed by atoms with Crippen molar-refractivity contribution in [2.24, 2.45) is 11.8 Å². The molecule has 20 heavy (non-hydrogen) atoms. The highest BCUT2D eigenvalue weighted by molar-refractivity contribution is 5.93. The molecule has 0 spiro atoms. The van der Waals surface area contributed by atoms with E-state index in [0.717, 1.165) is 11.6 Å². The van der Waals surface area contributed by atoms with Gasteiger partial charge in [0.2, 0.25) is 0 Å². The van der Waals surface area contributed by atoms with Gasteiger partial charge in [0.15, 0.2) is 0 Å². The van der Waals surface area contributed by atoms with Gasteiger partial charge in [-0.05, 0) is 50.2 Å². The smallest absolute Gasteiger partial charge is 0.269 e. The Kier molecular flexibility index (Phi) is 4.99. The van der Waals surface area contributed by atoms with Crippen molar-refractivity contribution in [1.82, 2.24) is 10.3 Å². The molecule has 2 rings (SSSR count). The number of rotatable bonds is 4. The summed E-state index contributed by atoms with van der Waals surface area (Å²) in [4.78, 5) is 15.9. The van der Waals surface area contributed by atoms with E-state index in [-0.39, 0.29) is 5.91 Å². The van der Waals surface area contributed by atoms with Gasteiger partial charge in [-0.3, -0.25) is 9.78 Å². The molecule has 3 atom stereocenters. The number of carbonyl (C=O) groups excluding carboxylic acids is 1. The first-order chi connectivity index (χ1) is 9.60. The summed E-state index contributed by atoms with van der Waals surface area (Å²) in [6.45, 7) is 7.16. The summed E-state index contributed by atoms with van der Waals surface area (Å²) in [5.74, 6) is 1.38. The Morgan fingerprint density at radius 3 is 2.90 bits per heavy atom. The van der Waals surface area contributed by atoms with Crippen molar-refractivity contribution in [2.45, 2.75) is 46.1 Å². The number of nitrogens with zero attached hydrogens (tertiary/aromatic N) is 1. The molecule has 0 aliphatic heterocycles. The van der Waals surface area contributed by atoms with Crippen LogP contribution in [-0.2, 0) is 0 Å². The van der Waals surface area contributed by atoms with Gasteiger partial charge >= 0.3 is 0 Å². The molecule has 1 fully saturated rings. The summed E-state index contributed by atoms with van der Waals surface area (Å²) >= 11 is 0. The number of hydrogen-bond donors (Lipinski definition) is 2. The highest BCUT2D eigenvalue weighted by Gasteiger charge is 2.25. The van der Waals surface area contributed by atoms with Gasteiger partial charge in [-0.1, -0.05) is 13.8 Å². The topological polar surface area (TPSA) is 54.0 Å². The first-order valence-electron chi connectivity index (χ1n) is 7.61. The zero-order chi connectivity index (χ0) is 14.5. The van der Waals surface area contributed by atoms with Gasteiger partial charge in [0, 0.05) is 24.5 Å². The van der Waals surface area contributed by atoms with Crippen molar-refractivity contribution in [1.29, 1.82) is 0 Å². The minimum atomic E-state index is -0.110. The van der Waals surface area contributed by atoms with E-state index < -0.39 is 0 Å². The van der Waals surface area contributed by atoms with Crippen LogP contribution in [0, 0.1) is 11.8 Å². The maximum absolute atomic E-state index is 11.8. The zero-order valence-corrected chi connectivity index (χ0v) is 12.6. The van der Waals surface area contributed by atoms with Crippen LogP contribution in [0.3, 0.4) is 0 Å². The molecule has 0 bridgehead atoms. The molecule has 0 radical (unpaired) electrons. The Bertz CT molecular complexity index is 461. The van der Waals surface area contributed by atoms with Crippen molar-refractivity contribution < 1.29 is 4.79 Å². The van der Waals surface area contributed by atoms with Crippen molar-refractivity contribution in [3.63, 3.8) is 0 Å². The monoisotopic (exact) mass is 275 g/mol. The molecule has 110 valence electrons. The van der Waals surface area contributed by atoms with E-state index >= 15 is 0 Å². The van der Waals surface area contributed by atoms with Crippen LogP contribution in [0.4, 0.5) is 5.69 Å². The lowest BCUT2D eigenvalue weighted by molar-refractivity contribution is 0.0951. The Morgan fingerprint density at radius 2 is 2.20 bits per heavy atom. The van der Waals surface area contributed by atoms with E-state index in [4.69, 9.17) is 0 Å². The summed E-state index contributed by atoms with van der Waals surface area (Å²) in [6, 6.07) is 4.28. The second-order valence-electron chi connectivity index (χ2n) is 5.94. The summed E-state index contributed by atoms with van der Waals surface area (Å²) in [5, 5.41) is 6.35. The highest BCUT2D eigenvalue weighted by Crippen LogP contribution is 2.30. The summed E-state index contributed by atoms with van der Waals surface area (Å²) in [7, 11) is 0. The highest BCUT2D eigenvalue weighted by atomic mass is 16.1. The van der Waals surface area contributed by atoms with Crippen LogP contribution in [-0.4, -0.2) is 23.5 Å². The van der Waals surface area contributed by atoms with Gasteiger partial charge in [0.25, 0.3) is 5.91 Å². The Balaban J connectivity index is 2.02. The minimum Gasteiger partial charge on any atom is -0.382 e. The molecule has 1 saturated carbocycles. The third-order valence-electron chi connectivity index (χ3n) is 4.11. The molecule has 0 aromatic carbocycles. The minimum absolute atomic E-state index is 0.110. The molecule has 1 aromatic heterocycles. The largest absolute Gasteiger partial charge is 0.382 e. The Labute approximate surface area is 121 Å². The number of anilines is 1. The van der Waals surface area contributed by atoms with Crippen molar-refractivity contribution >= 4 is 11.6 Å². The molecule has 1 aliphatic rings. The molecule has 3 unspecified atom stereocenters. The summed E-state index contributed by atoms with van der Waals surface area (Å²) < 4.78 is 0. The lowest BCUT2D eigenvalue weighted by Gasteiger charge is -2.33. The van der Waals surface area contributed by atoms with Crippen molar-refractivity contribution in [3.8, 4) is 0 Å². The third-order valence-corrected chi connectivity index (χ3v) is 4.11. The SMILES string of the molecule is CCNC(=O)c1cc(NC2CCC(C)CC2C)ccn1. The van der Waals surface area contributed by atoms with Gasteiger partial charge in [0.05, 0.1) is 0 Å². The summed E-state index contributed by atoms with van der Waals surface area (Å²) in [6.07, 6.45) is 5.44. The van der Waals surface area contributed by atoms with Crippen LogP contribution in [0.5, 0.6) is 0 Å². The average molecular weight is 275 g/mol. The van der Waals surface area contributed by atoms with Gasteiger partial charge in [-0.15, -0.1) is 0 Å². The number of nitrogens with one attached hydrogen (secondary N) is 2. The van der Waals surface area contributed by atoms with Crippen LogP contribution in [0.2, 0.25) is 0 Å². The zero-order valence-electron chi connectivity index (χ0n) is 12.6. The lowest BCUT2D eigenvalue weighted by Crippen LogP contribution is -2.33. The van der Waals surface area contributed by atoms with Crippen molar-refractivity contribution in [3.05, 3.63) is 24.0 Å². The first kappa shape index (κ1) is 14.8. The van der Waals surface area contributed by atoms with Gasteiger partial charge in [0.1, 0.15) is 5.69 Å². The molecule has 1 amide bonds. The lowest BCUT2D eigenvalue weighted by atomic mass is 9.80. The van der Waals surface area contributed by atoms with Crippen LogP contribution in [0.15, 0.2) is 18.3 Å². The predicted molar refractivity (Wildman–Crippen MR) is 81.8 cm³/mol. The molecule has 1 heterocycles. The molecule has 2 N–H and O–H groups in total. The quantitative estimate of drug-likeness (QED) is 0.888. The van der Waals surface area contributed by atoms with Gasteiger partial charge in [-0.2, -0.15) is 0 Å². The fourth-order valence-corrected chi connectivity index (χ4v) is 2.99. The number of carbonyl (C=O) groups is 1. The second-order valence-corrected chi connectivity index (χ2v) is 5.94. The molecule has 1 aliphatic carbocycles. The third kappa shape index (κ3) is 3.71. The first-order valence-corrected chi connectivity index (χ1v) is 7.61. The van der Waals surface area contributed by atoms with E-state index in [0.29, 0.717) is 24.2 Å². The molecule has 0 saturated heterocycles. The standard InChI is InChI=1S/C16H25N3O/c1-4-17-16(20)15-10-13(7-8-18-15)19-14-6-5-11(2)9-12(14)3/h7-8,10-12,14H,4-6,9H2,1-3H3,(H,17,20)(H,18,19). The number of aromatic nitrogens is 1. The molecule has 1 aromatic rings. The normalized spacial score (nSPS) is 26.1. The molecule has 4 heteroatoms. The van der Waals surface area contributed by atoms with Gasteiger partial charge in [-0.25, -0.2) is 0 Å². The van der Waals surface area contributed by atoms with Crippen LogP contribution in [0.1, 0.15) is 50.5 Å². The predicted octanol–water partition coefficient (Wildman–Crippen LogP) is 3.07. The molecular formula is C16H25N3O. The fourth-order valence-electron chi connectivity index (χ4n) is 2.99. The number of hydrogen-bond acceptors (Lipinski definition) is 3. The van der Waals surface area contributed by atoms with Crippen LogP contribution >= 0.6 is 0 Å². The number of amides is 1. The maximum atomic E-state index is 11.8. The van der Waals surface area contributed by atoms with E-state index in [2.05, 4.69) is 29.5 Å². The fraction of sp³-hybridized carbons (Fsp3) is 0.625. The van der Waals surface area contributed by atoms with E-state index in [1.165, 1.54) is 19.3 Å². The van der Waals surface area contributed by atoms with Crippen LogP contribution < -0.4 is 10.6 Å². The molecular weight excluding hydrogens is 250 g/mol. The van der Waals surface area contributed by atoms with Crippen LogP contribution in [0.25, 0.3) is 0 Å². The van der Waals surface area contributed by atoms with E-state index in [9.17, 15) is 4.79 Å². The molecule has 4 nitrogen and oxygen atoms in total. The van der Waals surface area contributed by atoms with Gasteiger partial charge < -0.3 is 10.6 Å². The maximum Gasteiger partial charge on any atom is 0.269 e.